The number of sulfonamides is 1. The number of hydrogen-bond acceptors (Lipinski definition) is 4. The number of nitriles is 1. The van der Waals surface area contributed by atoms with E-state index in [4.69, 9.17) is 5.26 Å². The van der Waals surface area contributed by atoms with Gasteiger partial charge in [-0.2, -0.15) is 10.4 Å². The highest BCUT2D eigenvalue weighted by atomic mass is 32.2. The van der Waals surface area contributed by atoms with E-state index in [1.807, 2.05) is 6.07 Å². The number of aryl methyl sites for hydroxylation is 2. The number of aromatic nitrogens is 2. The number of benzene rings is 1. The molecule has 0 saturated heterocycles. The van der Waals surface area contributed by atoms with E-state index in [1.54, 1.807) is 32.2 Å². The summed E-state index contributed by atoms with van der Waals surface area (Å²) in [4.78, 5) is 0.0905. The van der Waals surface area contributed by atoms with Crippen LogP contribution in [0.5, 0.6) is 0 Å². The van der Waals surface area contributed by atoms with Crippen LogP contribution in [0.25, 0.3) is 0 Å². The minimum Gasteiger partial charge on any atom is -0.264 e. The van der Waals surface area contributed by atoms with Gasteiger partial charge in [0.25, 0.3) is 10.0 Å². The Morgan fingerprint density at radius 2 is 2.11 bits per heavy atom. The summed E-state index contributed by atoms with van der Waals surface area (Å²) in [5.74, 6) is 0.363. The van der Waals surface area contributed by atoms with Crippen molar-refractivity contribution in [2.75, 3.05) is 4.72 Å². The summed E-state index contributed by atoms with van der Waals surface area (Å²) in [5, 5.41) is 12.7. The van der Waals surface area contributed by atoms with Gasteiger partial charge in [-0.25, -0.2) is 8.42 Å². The van der Waals surface area contributed by atoms with E-state index >= 15 is 0 Å². The fraction of sp³-hybridized carbons (Fsp3) is 0.167. The minimum atomic E-state index is -3.73. The quantitative estimate of drug-likeness (QED) is 0.917. The summed E-state index contributed by atoms with van der Waals surface area (Å²) in [7, 11) is -2.10. The Kier molecular flexibility index (Phi) is 3.27. The first-order valence-electron chi connectivity index (χ1n) is 5.45. The topological polar surface area (TPSA) is 87.8 Å². The van der Waals surface area contributed by atoms with Crippen LogP contribution in [-0.2, 0) is 17.1 Å². The molecule has 0 bridgehead atoms. The molecule has 6 nitrogen and oxygen atoms in total. The summed E-state index contributed by atoms with van der Waals surface area (Å²) in [6.45, 7) is 1.68. The Hall–Kier alpha value is -2.33. The van der Waals surface area contributed by atoms with Crippen molar-refractivity contribution in [2.45, 2.75) is 11.8 Å². The van der Waals surface area contributed by atoms with Crippen molar-refractivity contribution in [3.05, 3.63) is 41.6 Å². The second kappa shape index (κ2) is 4.74. The molecule has 1 aromatic carbocycles. The van der Waals surface area contributed by atoms with Crippen molar-refractivity contribution in [2.24, 2.45) is 7.05 Å². The summed E-state index contributed by atoms with van der Waals surface area (Å²) >= 11 is 0. The molecule has 1 N–H and O–H groups in total. The average molecular weight is 276 g/mol. The molecule has 1 aromatic heterocycles. The van der Waals surface area contributed by atoms with Crippen molar-refractivity contribution in [1.82, 2.24) is 9.78 Å². The number of rotatable bonds is 3. The van der Waals surface area contributed by atoms with Gasteiger partial charge >= 0.3 is 0 Å². The van der Waals surface area contributed by atoms with Gasteiger partial charge in [-0.05, 0) is 24.6 Å². The van der Waals surface area contributed by atoms with Crippen LogP contribution in [0.3, 0.4) is 0 Å². The fourth-order valence-corrected chi connectivity index (χ4v) is 2.99. The molecular formula is C12H12N4O2S. The maximum absolute atomic E-state index is 12.3. The van der Waals surface area contributed by atoms with Crippen LogP contribution in [0, 0.1) is 18.3 Å². The number of nitrogens with one attached hydrogen (secondary N) is 1. The second-order valence-electron chi connectivity index (χ2n) is 4.04. The van der Waals surface area contributed by atoms with Gasteiger partial charge in [-0.15, -0.1) is 0 Å². The largest absolute Gasteiger partial charge is 0.264 e. The molecule has 0 aliphatic carbocycles. The number of nitrogens with zero attached hydrogens (tertiary/aromatic N) is 3. The maximum atomic E-state index is 12.3. The normalized spacial score (nSPS) is 11.0. The Bertz CT molecular complexity index is 756. The monoisotopic (exact) mass is 276 g/mol. The van der Waals surface area contributed by atoms with E-state index in [2.05, 4.69) is 9.82 Å². The standard InChI is InChI=1S/C12H12N4O2S/c1-9-3-4-10(8-13)7-11(9)19(17,18)15-12-5-6-14-16(12)2/h3-7,15H,1-2H3. The zero-order valence-electron chi connectivity index (χ0n) is 10.5. The predicted molar refractivity (Wildman–Crippen MR) is 69.9 cm³/mol. The van der Waals surface area contributed by atoms with Gasteiger partial charge in [0.2, 0.25) is 0 Å². The summed E-state index contributed by atoms with van der Waals surface area (Å²) < 4.78 is 28.4. The summed E-state index contributed by atoms with van der Waals surface area (Å²) in [6, 6.07) is 8.03. The molecule has 0 atom stereocenters. The average Bonchev–Trinajstić information content (AvgIpc) is 2.75. The first kappa shape index (κ1) is 13.1. The molecule has 0 radical (unpaired) electrons. The molecule has 7 heteroatoms. The molecule has 0 fully saturated rings. The van der Waals surface area contributed by atoms with Crippen molar-refractivity contribution in [3.63, 3.8) is 0 Å². The Balaban J connectivity index is 2.46. The highest BCUT2D eigenvalue weighted by molar-refractivity contribution is 7.92. The summed E-state index contributed by atoms with van der Waals surface area (Å²) in [6.07, 6.45) is 1.50. The van der Waals surface area contributed by atoms with Crippen molar-refractivity contribution < 1.29 is 8.42 Å². The van der Waals surface area contributed by atoms with Gasteiger partial charge in [0, 0.05) is 13.1 Å². The van der Waals surface area contributed by atoms with Crippen LogP contribution < -0.4 is 4.72 Å². The molecule has 0 aliphatic rings. The van der Waals surface area contributed by atoms with Crippen molar-refractivity contribution >= 4 is 15.8 Å². The van der Waals surface area contributed by atoms with Gasteiger partial charge < -0.3 is 0 Å². The van der Waals surface area contributed by atoms with E-state index in [0.29, 0.717) is 16.9 Å². The molecule has 2 rings (SSSR count). The van der Waals surface area contributed by atoms with Gasteiger partial charge in [0.05, 0.1) is 22.7 Å². The number of anilines is 1. The zero-order valence-corrected chi connectivity index (χ0v) is 11.3. The molecule has 0 unspecified atom stereocenters. The Morgan fingerprint density at radius 1 is 1.37 bits per heavy atom. The van der Waals surface area contributed by atoms with E-state index in [0.717, 1.165) is 0 Å². The van der Waals surface area contributed by atoms with Crippen LogP contribution in [-0.4, -0.2) is 18.2 Å². The molecule has 98 valence electrons. The van der Waals surface area contributed by atoms with Gasteiger partial charge in [-0.1, -0.05) is 6.07 Å². The fourth-order valence-electron chi connectivity index (χ4n) is 1.63. The lowest BCUT2D eigenvalue weighted by Gasteiger charge is -2.10. The lowest BCUT2D eigenvalue weighted by Crippen LogP contribution is -2.16. The van der Waals surface area contributed by atoms with Crippen molar-refractivity contribution in [1.29, 1.82) is 5.26 Å². The minimum absolute atomic E-state index is 0.0905. The zero-order chi connectivity index (χ0) is 14.0. The van der Waals surface area contributed by atoms with Gasteiger partial charge in [-0.3, -0.25) is 9.40 Å². The Morgan fingerprint density at radius 3 is 2.68 bits per heavy atom. The third-order valence-electron chi connectivity index (χ3n) is 2.67. The van der Waals surface area contributed by atoms with Crippen LogP contribution in [0.15, 0.2) is 35.4 Å². The van der Waals surface area contributed by atoms with Crippen molar-refractivity contribution in [3.8, 4) is 6.07 Å². The van der Waals surface area contributed by atoms with Crippen LogP contribution in [0.1, 0.15) is 11.1 Å². The molecule has 19 heavy (non-hydrogen) atoms. The predicted octanol–water partition coefficient (Wildman–Crippen LogP) is 1.40. The lowest BCUT2D eigenvalue weighted by atomic mass is 10.2. The first-order valence-corrected chi connectivity index (χ1v) is 6.94. The van der Waals surface area contributed by atoms with Crippen LogP contribution >= 0.6 is 0 Å². The van der Waals surface area contributed by atoms with Gasteiger partial charge in [0.1, 0.15) is 5.82 Å². The molecule has 0 aliphatic heterocycles. The Labute approximate surface area is 111 Å². The third kappa shape index (κ3) is 2.58. The molecule has 0 saturated carbocycles. The van der Waals surface area contributed by atoms with Crippen LogP contribution in [0.2, 0.25) is 0 Å². The third-order valence-corrected chi connectivity index (χ3v) is 4.16. The number of hydrogen-bond donors (Lipinski definition) is 1. The molecule has 0 amide bonds. The SMILES string of the molecule is Cc1ccc(C#N)cc1S(=O)(=O)Nc1ccnn1C. The second-order valence-corrected chi connectivity index (χ2v) is 5.69. The highest BCUT2D eigenvalue weighted by Crippen LogP contribution is 2.20. The van der Waals surface area contributed by atoms with E-state index < -0.39 is 10.0 Å². The van der Waals surface area contributed by atoms with E-state index in [1.165, 1.54) is 16.9 Å². The maximum Gasteiger partial charge on any atom is 0.263 e. The first-order chi connectivity index (χ1) is 8.94. The summed E-state index contributed by atoms with van der Waals surface area (Å²) in [5.41, 5.74) is 0.879. The van der Waals surface area contributed by atoms with E-state index in [-0.39, 0.29) is 4.90 Å². The smallest absolute Gasteiger partial charge is 0.263 e. The van der Waals surface area contributed by atoms with Gasteiger partial charge in [0.15, 0.2) is 0 Å². The van der Waals surface area contributed by atoms with E-state index in [9.17, 15) is 8.42 Å². The highest BCUT2D eigenvalue weighted by Gasteiger charge is 2.18. The molecule has 2 aromatic rings. The molecule has 0 spiro atoms. The van der Waals surface area contributed by atoms with Crippen LogP contribution in [0.4, 0.5) is 5.82 Å². The molecule has 1 heterocycles. The molecular weight excluding hydrogens is 264 g/mol. The lowest BCUT2D eigenvalue weighted by molar-refractivity contribution is 0.599.